The van der Waals surface area contributed by atoms with Gasteiger partial charge in [0.05, 0.1) is 6.10 Å². The normalized spacial score (nSPS) is 22.8. The first kappa shape index (κ1) is 11.5. The van der Waals surface area contributed by atoms with Crippen LogP contribution in [-0.2, 0) is 4.74 Å². The van der Waals surface area contributed by atoms with Gasteiger partial charge >= 0.3 is 0 Å². The highest BCUT2D eigenvalue weighted by atomic mass is 79.9. The van der Waals surface area contributed by atoms with Crippen LogP contribution in [0.25, 0.3) is 0 Å². The molecule has 2 nitrogen and oxygen atoms in total. The Morgan fingerprint density at radius 3 is 2.92 bits per heavy atom. The second-order valence-electron chi connectivity index (χ2n) is 3.79. The number of halogens is 1. The molecule has 0 N–H and O–H groups in total. The highest BCUT2D eigenvalue weighted by molar-refractivity contribution is 9.09. The van der Waals surface area contributed by atoms with Gasteiger partial charge in [-0.1, -0.05) is 15.9 Å². The smallest absolute Gasteiger partial charge is 0.0702 e. The van der Waals surface area contributed by atoms with Crippen LogP contribution < -0.4 is 0 Å². The van der Waals surface area contributed by atoms with Crippen LogP contribution in [0.1, 0.15) is 25.7 Å². The molecule has 1 fully saturated rings. The quantitative estimate of drug-likeness (QED) is 0.529. The summed E-state index contributed by atoms with van der Waals surface area (Å²) in [7, 11) is 2.19. The fourth-order valence-corrected chi connectivity index (χ4v) is 2.10. The van der Waals surface area contributed by atoms with Crippen molar-refractivity contribution in [3.63, 3.8) is 0 Å². The largest absolute Gasteiger partial charge is 0.377 e. The molecular weight excluding hydrogens is 230 g/mol. The Balaban J connectivity index is 1.99. The maximum Gasteiger partial charge on any atom is 0.0702 e. The molecule has 0 aromatic rings. The minimum Gasteiger partial charge on any atom is -0.377 e. The summed E-state index contributed by atoms with van der Waals surface area (Å²) in [4.78, 5) is 2.39. The van der Waals surface area contributed by atoms with Gasteiger partial charge in [-0.2, -0.15) is 0 Å². The second-order valence-corrected chi connectivity index (χ2v) is 4.59. The van der Waals surface area contributed by atoms with Gasteiger partial charge in [0.25, 0.3) is 0 Å². The van der Waals surface area contributed by atoms with Crippen LogP contribution >= 0.6 is 15.9 Å². The zero-order chi connectivity index (χ0) is 9.52. The first-order valence-corrected chi connectivity index (χ1v) is 6.31. The molecule has 1 saturated heterocycles. The van der Waals surface area contributed by atoms with E-state index >= 15 is 0 Å². The lowest BCUT2D eigenvalue weighted by Gasteiger charge is -2.19. The summed E-state index contributed by atoms with van der Waals surface area (Å²) in [6.45, 7) is 3.29. The molecule has 0 aliphatic carbocycles. The molecule has 13 heavy (non-hydrogen) atoms. The van der Waals surface area contributed by atoms with Crippen LogP contribution in [0.4, 0.5) is 0 Å². The van der Waals surface area contributed by atoms with Gasteiger partial charge in [0.2, 0.25) is 0 Å². The Morgan fingerprint density at radius 2 is 2.31 bits per heavy atom. The minimum atomic E-state index is 0.508. The van der Waals surface area contributed by atoms with Crippen LogP contribution in [-0.4, -0.2) is 43.1 Å². The standard InChI is InChI=1S/C10H20BrNO/c1-12(7-3-2-6-11)9-10-5-4-8-13-10/h10H,2-9H2,1H3. The van der Waals surface area contributed by atoms with Crippen molar-refractivity contribution < 1.29 is 4.74 Å². The number of unbranched alkanes of at least 4 members (excludes halogenated alkanes) is 1. The van der Waals surface area contributed by atoms with Crippen molar-refractivity contribution in [2.24, 2.45) is 0 Å². The molecule has 1 aliphatic heterocycles. The zero-order valence-electron chi connectivity index (χ0n) is 8.47. The van der Waals surface area contributed by atoms with E-state index < -0.39 is 0 Å². The Bertz CT molecular complexity index is 126. The summed E-state index contributed by atoms with van der Waals surface area (Å²) in [6.07, 6.45) is 5.57. The molecule has 0 saturated carbocycles. The second kappa shape index (κ2) is 6.80. The van der Waals surface area contributed by atoms with E-state index in [-0.39, 0.29) is 0 Å². The van der Waals surface area contributed by atoms with Gasteiger partial charge in [-0.25, -0.2) is 0 Å². The third-order valence-electron chi connectivity index (χ3n) is 2.46. The molecule has 0 aromatic carbocycles. The number of likely N-dealkylation sites (N-methyl/N-ethyl adjacent to an activating group) is 1. The third-order valence-corrected chi connectivity index (χ3v) is 3.02. The number of rotatable bonds is 6. The molecule has 1 aliphatic rings. The van der Waals surface area contributed by atoms with Gasteiger partial charge < -0.3 is 9.64 Å². The molecular formula is C10H20BrNO. The van der Waals surface area contributed by atoms with Crippen LogP contribution in [0.2, 0.25) is 0 Å². The van der Waals surface area contributed by atoms with Gasteiger partial charge in [-0.3, -0.25) is 0 Å². The van der Waals surface area contributed by atoms with E-state index in [1.807, 2.05) is 0 Å². The predicted molar refractivity (Wildman–Crippen MR) is 59.5 cm³/mol. The third kappa shape index (κ3) is 4.99. The highest BCUT2D eigenvalue weighted by Crippen LogP contribution is 2.12. The van der Waals surface area contributed by atoms with E-state index in [0.717, 1.165) is 18.5 Å². The van der Waals surface area contributed by atoms with E-state index in [2.05, 4.69) is 27.9 Å². The van der Waals surface area contributed by atoms with Crippen molar-refractivity contribution in [1.82, 2.24) is 4.90 Å². The maximum absolute atomic E-state index is 5.58. The van der Waals surface area contributed by atoms with E-state index in [1.54, 1.807) is 0 Å². The molecule has 1 rings (SSSR count). The van der Waals surface area contributed by atoms with Crippen molar-refractivity contribution in [2.45, 2.75) is 31.8 Å². The maximum atomic E-state index is 5.58. The summed E-state index contributed by atoms with van der Waals surface area (Å²) < 4.78 is 5.58. The first-order valence-electron chi connectivity index (χ1n) is 5.19. The van der Waals surface area contributed by atoms with Gasteiger partial charge in [0.1, 0.15) is 0 Å². The predicted octanol–water partition coefficient (Wildman–Crippen LogP) is 2.27. The van der Waals surface area contributed by atoms with E-state index in [1.165, 1.54) is 32.2 Å². The van der Waals surface area contributed by atoms with Gasteiger partial charge in [0, 0.05) is 18.5 Å². The molecule has 0 amide bonds. The number of ether oxygens (including phenoxy) is 1. The molecule has 3 heteroatoms. The lowest BCUT2D eigenvalue weighted by molar-refractivity contribution is 0.0809. The van der Waals surface area contributed by atoms with E-state index in [9.17, 15) is 0 Å². The van der Waals surface area contributed by atoms with E-state index in [4.69, 9.17) is 4.74 Å². The van der Waals surface area contributed by atoms with Crippen LogP contribution in [0.5, 0.6) is 0 Å². The van der Waals surface area contributed by atoms with E-state index in [0.29, 0.717) is 6.10 Å². The Labute approximate surface area is 89.8 Å². The van der Waals surface area contributed by atoms with Crippen LogP contribution in [0, 0.1) is 0 Å². The highest BCUT2D eigenvalue weighted by Gasteiger charge is 2.16. The topological polar surface area (TPSA) is 12.5 Å². The average molecular weight is 250 g/mol. The Kier molecular flexibility index (Phi) is 6.00. The van der Waals surface area contributed by atoms with Gasteiger partial charge in [-0.15, -0.1) is 0 Å². The zero-order valence-corrected chi connectivity index (χ0v) is 10.1. The molecule has 1 atom stereocenters. The summed E-state index contributed by atoms with van der Waals surface area (Å²) in [5.41, 5.74) is 0. The lowest BCUT2D eigenvalue weighted by atomic mass is 10.2. The molecule has 1 unspecified atom stereocenters. The van der Waals surface area contributed by atoms with Crippen molar-refractivity contribution in [3.8, 4) is 0 Å². The molecule has 0 radical (unpaired) electrons. The number of alkyl halides is 1. The summed E-state index contributed by atoms with van der Waals surface area (Å²) in [6, 6.07) is 0. The first-order chi connectivity index (χ1) is 6.33. The van der Waals surface area contributed by atoms with Crippen LogP contribution in [0.3, 0.4) is 0 Å². The molecule has 1 heterocycles. The monoisotopic (exact) mass is 249 g/mol. The van der Waals surface area contributed by atoms with Crippen molar-refractivity contribution in [1.29, 1.82) is 0 Å². The number of hydrogen-bond donors (Lipinski definition) is 0. The molecule has 0 spiro atoms. The average Bonchev–Trinajstić information content (AvgIpc) is 2.57. The van der Waals surface area contributed by atoms with Gasteiger partial charge in [0.15, 0.2) is 0 Å². The number of nitrogens with zero attached hydrogens (tertiary/aromatic N) is 1. The lowest BCUT2D eigenvalue weighted by Crippen LogP contribution is -2.29. The Morgan fingerprint density at radius 1 is 1.46 bits per heavy atom. The summed E-state index contributed by atoms with van der Waals surface area (Å²) >= 11 is 3.44. The molecule has 78 valence electrons. The van der Waals surface area contributed by atoms with Gasteiger partial charge in [-0.05, 0) is 39.3 Å². The van der Waals surface area contributed by atoms with Crippen molar-refractivity contribution in [3.05, 3.63) is 0 Å². The van der Waals surface area contributed by atoms with Crippen molar-refractivity contribution >= 4 is 15.9 Å². The van der Waals surface area contributed by atoms with Crippen LogP contribution in [0.15, 0.2) is 0 Å². The molecule has 0 aromatic heterocycles. The fraction of sp³-hybridized carbons (Fsp3) is 1.00. The molecule has 0 bridgehead atoms. The number of hydrogen-bond acceptors (Lipinski definition) is 2. The summed E-state index contributed by atoms with van der Waals surface area (Å²) in [5, 5.41) is 1.13. The summed E-state index contributed by atoms with van der Waals surface area (Å²) in [5.74, 6) is 0. The Hall–Kier alpha value is 0.400. The SMILES string of the molecule is CN(CCCCBr)CC1CCCO1. The van der Waals surface area contributed by atoms with Crippen molar-refractivity contribution in [2.75, 3.05) is 32.1 Å². The minimum absolute atomic E-state index is 0.508. The fourth-order valence-electron chi connectivity index (χ4n) is 1.70.